The molecular formula is C22H35FN7O5P. The average Bonchev–Trinajstić information content (AvgIpc) is 3.46. The van der Waals surface area contributed by atoms with Gasteiger partial charge in [0, 0.05) is 26.2 Å². The lowest BCUT2D eigenvalue weighted by Crippen LogP contribution is -2.35. The van der Waals surface area contributed by atoms with Crippen LogP contribution in [-0.4, -0.2) is 75.8 Å². The smallest absolute Gasteiger partial charge is 0.323 e. The minimum absolute atomic E-state index is 0.00230. The van der Waals surface area contributed by atoms with Crippen molar-refractivity contribution in [2.45, 2.75) is 83.1 Å². The van der Waals surface area contributed by atoms with Crippen molar-refractivity contribution in [2.24, 2.45) is 0 Å². The van der Waals surface area contributed by atoms with Crippen LogP contribution in [0.15, 0.2) is 6.33 Å². The summed E-state index contributed by atoms with van der Waals surface area (Å²) in [5.74, 6) is 0.123. The Balaban J connectivity index is 1.46. The molecule has 1 aliphatic carbocycles. The fourth-order valence-electron chi connectivity index (χ4n) is 4.34. The molecule has 3 N–H and O–H groups in total. The van der Waals surface area contributed by atoms with Crippen molar-refractivity contribution in [3.05, 3.63) is 6.33 Å². The molecule has 0 radical (unpaired) electrons. The van der Waals surface area contributed by atoms with E-state index in [0.29, 0.717) is 23.0 Å². The quantitative estimate of drug-likeness (QED) is 0.347. The Hall–Kier alpha value is -2.34. The molecule has 2 fully saturated rings. The van der Waals surface area contributed by atoms with Gasteiger partial charge in [0.15, 0.2) is 28.9 Å². The first-order valence-electron chi connectivity index (χ1n) is 12.0. The summed E-state index contributed by atoms with van der Waals surface area (Å²) in [6.45, 7) is 7.64. The van der Waals surface area contributed by atoms with E-state index in [0.717, 1.165) is 12.8 Å². The molecule has 0 spiro atoms. The normalized spacial score (nSPS) is 26.8. The van der Waals surface area contributed by atoms with Crippen molar-refractivity contribution in [1.82, 2.24) is 24.6 Å². The first kappa shape index (κ1) is 26.7. The highest BCUT2D eigenvalue weighted by Gasteiger charge is 2.48. The van der Waals surface area contributed by atoms with Crippen LogP contribution in [0.25, 0.3) is 11.2 Å². The van der Waals surface area contributed by atoms with Crippen molar-refractivity contribution in [1.29, 1.82) is 0 Å². The molecule has 4 rings (SSSR count). The molecule has 12 nitrogen and oxygen atoms in total. The van der Waals surface area contributed by atoms with Gasteiger partial charge in [-0.25, -0.2) is 14.5 Å². The van der Waals surface area contributed by atoms with Crippen molar-refractivity contribution >= 4 is 36.4 Å². The van der Waals surface area contributed by atoms with Crippen LogP contribution >= 0.6 is 7.52 Å². The number of fused-ring (bicyclic) bond motifs is 1. The third-order valence-electron chi connectivity index (χ3n) is 6.21. The summed E-state index contributed by atoms with van der Waals surface area (Å²) in [5.41, 5.74) is 5.08. The topological polar surface area (TPSA) is 147 Å². The minimum Gasteiger partial charge on any atom is -0.462 e. The summed E-state index contributed by atoms with van der Waals surface area (Å²) in [6, 6.07) is -0.464. The van der Waals surface area contributed by atoms with Crippen LogP contribution in [0.2, 0.25) is 0 Å². The van der Waals surface area contributed by atoms with Crippen LogP contribution in [0, 0.1) is 0 Å². The van der Waals surface area contributed by atoms with Crippen molar-refractivity contribution in [3.8, 4) is 0 Å². The molecule has 5 atom stereocenters. The maximum Gasteiger partial charge on any atom is 0.323 e. The number of nitrogens with two attached hydrogens (primary N) is 1. The van der Waals surface area contributed by atoms with Gasteiger partial charge in [-0.1, -0.05) is 0 Å². The van der Waals surface area contributed by atoms with Crippen LogP contribution in [0.1, 0.15) is 53.2 Å². The number of anilines is 2. The number of hydrogen-bond donors (Lipinski definition) is 2. The monoisotopic (exact) mass is 527 g/mol. The van der Waals surface area contributed by atoms with Gasteiger partial charge in [-0.3, -0.25) is 13.9 Å². The summed E-state index contributed by atoms with van der Waals surface area (Å²) < 4.78 is 46.8. The van der Waals surface area contributed by atoms with Crippen LogP contribution in [0.5, 0.6) is 0 Å². The molecule has 14 heteroatoms. The number of esters is 1. The second-order valence-electron chi connectivity index (χ2n) is 10.1. The SMILES string of the molecule is CC(C)OC(=O)[C@@H](C)NP(C)(=O)OC[C@@H]1C[C@@](C)(F)[C@H](n2cnc3c(N(C)C4CC4)nc(N)nc32)O1. The van der Waals surface area contributed by atoms with Crippen molar-refractivity contribution in [3.63, 3.8) is 0 Å². The Kier molecular flexibility index (Phi) is 7.31. The molecular weight excluding hydrogens is 492 g/mol. The molecule has 1 unspecified atom stereocenters. The first-order chi connectivity index (χ1) is 16.8. The number of carbonyl (C=O) groups is 1. The Morgan fingerprint density at radius 2 is 2.11 bits per heavy atom. The van der Waals surface area contributed by atoms with Gasteiger partial charge >= 0.3 is 5.97 Å². The highest BCUT2D eigenvalue weighted by atomic mass is 31.2. The number of nitrogens with one attached hydrogen (secondary N) is 1. The second kappa shape index (κ2) is 9.85. The lowest BCUT2D eigenvalue weighted by molar-refractivity contribution is -0.149. The van der Waals surface area contributed by atoms with Crippen LogP contribution in [-0.2, 0) is 23.4 Å². The number of rotatable bonds is 10. The van der Waals surface area contributed by atoms with Gasteiger partial charge in [-0.15, -0.1) is 0 Å². The van der Waals surface area contributed by atoms with Gasteiger partial charge in [-0.05, 0) is 40.5 Å². The molecule has 2 aromatic heterocycles. The molecule has 1 saturated carbocycles. The van der Waals surface area contributed by atoms with E-state index >= 15 is 4.39 Å². The third-order valence-corrected chi connectivity index (χ3v) is 7.70. The number of aromatic nitrogens is 4. The molecule has 0 aromatic carbocycles. The van der Waals surface area contributed by atoms with Crippen molar-refractivity contribution in [2.75, 3.05) is 31.0 Å². The Labute approximate surface area is 209 Å². The Morgan fingerprint density at radius 1 is 1.42 bits per heavy atom. The Morgan fingerprint density at radius 3 is 2.75 bits per heavy atom. The lowest BCUT2D eigenvalue weighted by Gasteiger charge is -2.23. The second-order valence-corrected chi connectivity index (χ2v) is 12.4. The van der Waals surface area contributed by atoms with E-state index in [1.807, 2.05) is 11.9 Å². The predicted octanol–water partition coefficient (Wildman–Crippen LogP) is 2.79. The number of ether oxygens (including phenoxy) is 2. The van der Waals surface area contributed by atoms with E-state index < -0.39 is 37.5 Å². The summed E-state index contributed by atoms with van der Waals surface area (Å²) in [5, 5.41) is 2.66. The molecule has 1 saturated heterocycles. The molecule has 2 aliphatic rings. The summed E-state index contributed by atoms with van der Waals surface area (Å²) in [6.07, 6.45) is 1.56. The minimum atomic E-state index is -3.40. The number of halogens is 1. The van der Waals surface area contributed by atoms with Crippen molar-refractivity contribution < 1.29 is 27.7 Å². The number of nitrogens with zero attached hydrogens (tertiary/aromatic N) is 5. The van der Waals surface area contributed by atoms with Crippen LogP contribution < -0.4 is 15.7 Å². The molecule has 0 amide bonds. The largest absolute Gasteiger partial charge is 0.462 e. The van der Waals surface area contributed by atoms with Gasteiger partial charge in [-0.2, -0.15) is 9.97 Å². The standard InChI is InChI=1S/C22H35FN7O5P/c1-12(2)34-19(31)13(3)28-36(6,32)33-10-15-9-22(4,23)20(35-15)30-11-25-16-17(29(5)14-7-8-14)26-21(24)27-18(16)30/h11-15,20H,7-10H2,1-6H3,(H,28,32)(H2,24,26,27)/t13-,15+,20-,22-,36?/m1/s1. The highest BCUT2D eigenvalue weighted by molar-refractivity contribution is 7.56. The van der Waals surface area contributed by atoms with Gasteiger partial charge in [0.05, 0.1) is 25.1 Å². The number of alkyl halides is 1. The number of imidazole rings is 1. The first-order valence-corrected chi connectivity index (χ1v) is 14.1. The van der Waals surface area contributed by atoms with Gasteiger partial charge in [0.2, 0.25) is 5.95 Å². The zero-order chi connectivity index (χ0) is 26.4. The predicted molar refractivity (Wildman–Crippen MR) is 133 cm³/mol. The fraction of sp³-hybridized carbons (Fsp3) is 0.727. The van der Waals surface area contributed by atoms with E-state index in [-0.39, 0.29) is 25.1 Å². The van der Waals surface area contributed by atoms with Gasteiger partial charge in [0.25, 0.3) is 7.52 Å². The lowest BCUT2D eigenvalue weighted by atomic mass is 10.0. The van der Waals surface area contributed by atoms with E-state index in [4.69, 9.17) is 19.7 Å². The number of carbonyl (C=O) groups excluding carboxylic acids is 1. The zero-order valence-electron chi connectivity index (χ0n) is 21.5. The molecule has 3 heterocycles. The number of nitrogen functional groups attached to an aromatic ring is 1. The molecule has 1 aliphatic heterocycles. The third kappa shape index (κ3) is 5.80. The summed E-state index contributed by atoms with van der Waals surface area (Å²) in [7, 11) is -1.47. The molecule has 2 aromatic rings. The molecule has 0 bridgehead atoms. The maximum absolute atomic E-state index is 15.7. The summed E-state index contributed by atoms with van der Waals surface area (Å²) in [4.78, 5) is 27.1. The van der Waals surface area contributed by atoms with E-state index in [9.17, 15) is 9.36 Å². The Bertz CT molecular complexity index is 1170. The van der Waals surface area contributed by atoms with Crippen LogP contribution in [0.4, 0.5) is 16.2 Å². The number of hydrogen-bond acceptors (Lipinski definition) is 10. The maximum atomic E-state index is 15.7. The zero-order valence-corrected chi connectivity index (χ0v) is 22.4. The fourth-order valence-corrected chi connectivity index (χ4v) is 5.68. The van der Waals surface area contributed by atoms with Gasteiger partial charge < -0.3 is 24.6 Å². The van der Waals surface area contributed by atoms with E-state index in [1.165, 1.54) is 31.4 Å². The molecule has 36 heavy (non-hydrogen) atoms. The van der Waals surface area contributed by atoms with Gasteiger partial charge in [0.1, 0.15) is 6.04 Å². The van der Waals surface area contributed by atoms with E-state index in [1.54, 1.807) is 13.8 Å². The van der Waals surface area contributed by atoms with E-state index in [2.05, 4.69) is 20.0 Å². The van der Waals surface area contributed by atoms with Crippen LogP contribution in [0.3, 0.4) is 0 Å². The summed E-state index contributed by atoms with van der Waals surface area (Å²) >= 11 is 0. The average molecular weight is 528 g/mol. The molecule has 200 valence electrons. The highest BCUT2D eigenvalue weighted by Crippen LogP contribution is 2.45.